The third kappa shape index (κ3) is 3.96. The molecule has 4 aromatic rings. The number of hydrogen-bond acceptors (Lipinski definition) is 2. The molecule has 1 aliphatic carbocycles. The van der Waals surface area contributed by atoms with Gasteiger partial charge in [-0.05, 0) is 46.5 Å². The first-order valence-corrected chi connectivity index (χ1v) is 11.3. The largest absolute Gasteiger partial charge is 0.347 e. The molecule has 1 fully saturated rings. The minimum Gasteiger partial charge on any atom is -0.347 e. The van der Waals surface area contributed by atoms with E-state index in [0.717, 1.165) is 47.2 Å². The lowest BCUT2D eigenvalue weighted by Crippen LogP contribution is -2.53. The van der Waals surface area contributed by atoms with Crippen molar-refractivity contribution in [2.45, 2.75) is 37.8 Å². The van der Waals surface area contributed by atoms with Gasteiger partial charge in [-0.1, -0.05) is 85.6 Å². The number of carbonyl (C=O) groups is 2. The van der Waals surface area contributed by atoms with E-state index >= 15 is 0 Å². The summed E-state index contributed by atoms with van der Waals surface area (Å²) in [5.74, 6) is -0.170. The lowest BCUT2D eigenvalue weighted by atomic mass is 9.89. The normalized spacial score (nSPS) is 18.4. The highest BCUT2D eigenvalue weighted by Crippen LogP contribution is 2.23. The molecule has 2 atom stereocenters. The van der Waals surface area contributed by atoms with Crippen LogP contribution in [0.2, 0.25) is 0 Å². The summed E-state index contributed by atoms with van der Waals surface area (Å²) in [6.45, 7) is 0. The fraction of sp³-hybridized carbons (Fsp3) is 0.214. The van der Waals surface area contributed by atoms with Gasteiger partial charge < -0.3 is 10.6 Å². The lowest BCUT2D eigenvalue weighted by molar-refractivity contribution is 0.0864. The van der Waals surface area contributed by atoms with Crippen molar-refractivity contribution in [2.24, 2.45) is 0 Å². The molecule has 0 bridgehead atoms. The zero-order valence-electron chi connectivity index (χ0n) is 17.9. The third-order valence-corrected chi connectivity index (χ3v) is 6.47. The molecule has 4 nitrogen and oxygen atoms in total. The van der Waals surface area contributed by atoms with Crippen LogP contribution in [0, 0.1) is 0 Å². The number of amides is 2. The average molecular weight is 423 g/mol. The maximum absolute atomic E-state index is 13.2. The van der Waals surface area contributed by atoms with Gasteiger partial charge in [0, 0.05) is 23.2 Å². The molecule has 160 valence electrons. The van der Waals surface area contributed by atoms with Crippen LogP contribution < -0.4 is 10.6 Å². The van der Waals surface area contributed by atoms with Crippen LogP contribution in [0.15, 0.2) is 84.9 Å². The van der Waals surface area contributed by atoms with Crippen LogP contribution in [0.25, 0.3) is 21.5 Å². The summed E-state index contributed by atoms with van der Waals surface area (Å²) in [6.07, 6.45) is 3.80. The number of hydrogen-bond donors (Lipinski definition) is 2. The molecule has 2 amide bonds. The second kappa shape index (κ2) is 8.83. The average Bonchev–Trinajstić information content (AvgIpc) is 2.84. The first-order valence-electron chi connectivity index (χ1n) is 11.3. The molecule has 0 radical (unpaired) electrons. The maximum Gasteiger partial charge on any atom is 0.252 e. The number of benzene rings is 4. The summed E-state index contributed by atoms with van der Waals surface area (Å²) in [7, 11) is 0. The lowest BCUT2D eigenvalue weighted by Gasteiger charge is -2.33. The summed E-state index contributed by atoms with van der Waals surface area (Å²) >= 11 is 0. The maximum atomic E-state index is 13.2. The van der Waals surface area contributed by atoms with Crippen molar-refractivity contribution in [3.63, 3.8) is 0 Å². The summed E-state index contributed by atoms with van der Waals surface area (Å²) in [5.41, 5.74) is 1.35. The first kappa shape index (κ1) is 20.3. The van der Waals surface area contributed by atoms with Crippen LogP contribution in [-0.4, -0.2) is 23.9 Å². The highest BCUT2D eigenvalue weighted by molar-refractivity contribution is 6.08. The van der Waals surface area contributed by atoms with E-state index in [-0.39, 0.29) is 23.9 Å². The van der Waals surface area contributed by atoms with Gasteiger partial charge in [-0.25, -0.2) is 0 Å². The molecule has 0 aromatic heterocycles. The minimum atomic E-state index is -0.0888. The predicted molar refractivity (Wildman–Crippen MR) is 129 cm³/mol. The number of carbonyl (C=O) groups excluding carboxylic acids is 2. The van der Waals surface area contributed by atoms with Gasteiger partial charge in [-0.2, -0.15) is 0 Å². The van der Waals surface area contributed by atoms with Crippen LogP contribution in [0.4, 0.5) is 0 Å². The summed E-state index contributed by atoms with van der Waals surface area (Å²) in [4.78, 5) is 26.4. The second-order valence-electron chi connectivity index (χ2n) is 8.50. The Bertz CT molecular complexity index is 1190. The fourth-order valence-corrected chi connectivity index (χ4v) is 4.82. The molecular weight excluding hydrogens is 396 g/mol. The Hall–Kier alpha value is -3.66. The van der Waals surface area contributed by atoms with Crippen LogP contribution in [-0.2, 0) is 0 Å². The van der Waals surface area contributed by atoms with Crippen molar-refractivity contribution in [3.05, 3.63) is 96.1 Å². The van der Waals surface area contributed by atoms with Crippen LogP contribution in [0.5, 0.6) is 0 Å². The van der Waals surface area contributed by atoms with Crippen LogP contribution in [0.1, 0.15) is 46.4 Å². The molecule has 1 aliphatic rings. The third-order valence-electron chi connectivity index (χ3n) is 6.47. The molecule has 0 spiro atoms. The van der Waals surface area contributed by atoms with Crippen LogP contribution in [0.3, 0.4) is 0 Å². The van der Waals surface area contributed by atoms with Gasteiger partial charge in [-0.3, -0.25) is 9.59 Å². The predicted octanol–water partition coefficient (Wildman–Crippen LogP) is 5.46. The highest BCUT2D eigenvalue weighted by Gasteiger charge is 2.29. The molecule has 2 N–H and O–H groups in total. The number of nitrogens with one attached hydrogen (secondary N) is 2. The standard InChI is InChI=1S/C28H26N2O2/c31-27(23-15-7-11-19-9-1-3-13-21(19)23)29-25-17-5-6-18-26(25)30-28(32)24-16-8-12-20-10-2-4-14-22(20)24/h1-4,7-16,25-26H,5-6,17-18H2,(H,29,31)(H,30,32). The van der Waals surface area contributed by atoms with Gasteiger partial charge in [0.15, 0.2) is 0 Å². The van der Waals surface area contributed by atoms with Crippen molar-refractivity contribution in [1.29, 1.82) is 0 Å². The topological polar surface area (TPSA) is 58.2 Å². The zero-order valence-corrected chi connectivity index (χ0v) is 17.9. The Morgan fingerprint density at radius 1 is 0.562 bits per heavy atom. The Kier molecular flexibility index (Phi) is 5.59. The smallest absolute Gasteiger partial charge is 0.252 e. The number of rotatable bonds is 4. The van der Waals surface area contributed by atoms with Gasteiger partial charge in [0.2, 0.25) is 0 Å². The molecule has 0 saturated heterocycles. The Balaban J connectivity index is 1.36. The molecule has 5 rings (SSSR count). The van der Waals surface area contributed by atoms with Crippen LogP contribution >= 0.6 is 0 Å². The van der Waals surface area contributed by atoms with E-state index in [1.165, 1.54) is 0 Å². The monoisotopic (exact) mass is 422 g/mol. The summed E-state index contributed by atoms with van der Waals surface area (Å²) < 4.78 is 0. The molecule has 2 unspecified atom stereocenters. The van der Waals surface area contributed by atoms with Gasteiger partial charge in [0.1, 0.15) is 0 Å². The molecule has 0 aliphatic heterocycles. The molecule has 32 heavy (non-hydrogen) atoms. The molecular formula is C28H26N2O2. The van der Waals surface area contributed by atoms with E-state index in [1.54, 1.807) is 0 Å². The Labute approximate surface area is 187 Å². The summed E-state index contributed by atoms with van der Waals surface area (Å²) in [6, 6.07) is 27.2. The van der Waals surface area contributed by atoms with Crippen molar-refractivity contribution in [3.8, 4) is 0 Å². The Morgan fingerprint density at radius 3 is 1.44 bits per heavy atom. The van der Waals surface area contributed by atoms with E-state index in [2.05, 4.69) is 10.6 Å². The van der Waals surface area contributed by atoms with Gasteiger partial charge >= 0.3 is 0 Å². The minimum absolute atomic E-state index is 0.0851. The van der Waals surface area contributed by atoms with Gasteiger partial charge in [0.25, 0.3) is 11.8 Å². The molecule has 4 heteroatoms. The van der Waals surface area contributed by atoms with Gasteiger partial charge in [-0.15, -0.1) is 0 Å². The Morgan fingerprint density at radius 2 is 0.969 bits per heavy atom. The first-order chi connectivity index (χ1) is 15.7. The quantitative estimate of drug-likeness (QED) is 0.459. The summed E-state index contributed by atoms with van der Waals surface area (Å²) in [5, 5.41) is 10.4. The van der Waals surface area contributed by atoms with E-state index in [1.807, 2.05) is 84.9 Å². The van der Waals surface area contributed by atoms with E-state index < -0.39 is 0 Å². The molecule has 4 aromatic carbocycles. The van der Waals surface area contributed by atoms with E-state index in [9.17, 15) is 9.59 Å². The van der Waals surface area contributed by atoms with E-state index in [4.69, 9.17) is 0 Å². The van der Waals surface area contributed by atoms with Crippen molar-refractivity contribution in [2.75, 3.05) is 0 Å². The van der Waals surface area contributed by atoms with Crippen molar-refractivity contribution in [1.82, 2.24) is 10.6 Å². The highest BCUT2D eigenvalue weighted by atomic mass is 16.2. The van der Waals surface area contributed by atoms with Crippen molar-refractivity contribution < 1.29 is 9.59 Å². The number of fused-ring (bicyclic) bond motifs is 2. The second-order valence-corrected chi connectivity index (χ2v) is 8.50. The molecule has 0 heterocycles. The van der Waals surface area contributed by atoms with Gasteiger partial charge in [0.05, 0.1) is 0 Å². The fourth-order valence-electron chi connectivity index (χ4n) is 4.82. The zero-order chi connectivity index (χ0) is 21.9. The molecule has 1 saturated carbocycles. The van der Waals surface area contributed by atoms with E-state index in [0.29, 0.717) is 11.1 Å². The van der Waals surface area contributed by atoms with Crippen molar-refractivity contribution >= 4 is 33.4 Å². The SMILES string of the molecule is O=C(NC1CCCCC1NC(=O)c1cccc2ccccc12)c1cccc2ccccc12.